The minimum atomic E-state index is -0.0150. The molecule has 0 aliphatic heterocycles. The van der Waals surface area contributed by atoms with Crippen LogP contribution in [0.15, 0.2) is 35.3 Å². The fraction of sp³-hybridized carbons (Fsp3) is 0.500. The Labute approximate surface area is 119 Å². The summed E-state index contributed by atoms with van der Waals surface area (Å²) in [5, 5.41) is 3.42. The fourth-order valence-electron chi connectivity index (χ4n) is 2.26. The summed E-state index contributed by atoms with van der Waals surface area (Å²) in [6, 6.07) is 7.79. The zero-order valence-electron chi connectivity index (χ0n) is 12.3. The first-order chi connectivity index (χ1) is 9.68. The smallest absolute Gasteiger partial charge is 0.269 e. The average molecular weight is 273 g/mol. The molecule has 0 aliphatic carbocycles. The lowest BCUT2D eigenvalue weighted by Crippen LogP contribution is -2.23. The maximum atomic E-state index is 11.9. The number of hydrogen-bond acceptors (Lipinski definition) is 3. The average Bonchev–Trinajstić information content (AvgIpc) is 2.44. The van der Waals surface area contributed by atoms with Crippen LogP contribution in [0.4, 0.5) is 0 Å². The number of para-hydroxylation sites is 2. The molecule has 1 aromatic heterocycles. The van der Waals surface area contributed by atoms with Gasteiger partial charge in [0.15, 0.2) is 0 Å². The summed E-state index contributed by atoms with van der Waals surface area (Å²) >= 11 is 0. The van der Waals surface area contributed by atoms with E-state index in [1.165, 1.54) is 6.20 Å². The second kappa shape index (κ2) is 7.20. The molecular formula is C16H23N3O. The molecule has 0 atom stereocenters. The molecule has 0 radical (unpaired) electrons. The number of nitrogens with one attached hydrogen (secondary N) is 1. The molecule has 0 amide bonds. The summed E-state index contributed by atoms with van der Waals surface area (Å²) < 4.78 is 1.82. The molecule has 108 valence electrons. The molecule has 0 saturated heterocycles. The van der Waals surface area contributed by atoms with Gasteiger partial charge in [0.05, 0.1) is 17.2 Å². The van der Waals surface area contributed by atoms with E-state index in [1.54, 1.807) is 0 Å². The molecule has 20 heavy (non-hydrogen) atoms. The van der Waals surface area contributed by atoms with Crippen LogP contribution in [0.5, 0.6) is 0 Å². The summed E-state index contributed by atoms with van der Waals surface area (Å²) in [4.78, 5) is 16.1. The summed E-state index contributed by atoms with van der Waals surface area (Å²) in [6.45, 7) is 7.23. The number of benzene rings is 1. The lowest BCUT2D eigenvalue weighted by atomic mass is 10.2. The zero-order valence-corrected chi connectivity index (χ0v) is 12.3. The molecule has 0 bridgehead atoms. The largest absolute Gasteiger partial charge is 0.316 e. The first-order valence-electron chi connectivity index (χ1n) is 7.34. The maximum absolute atomic E-state index is 11.9. The fourth-order valence-corrected chi connectivity index (χ4v) is 2.26. The van der Waals surface area contributed by atoms with Crippen molar-refractivity contribution < 1.29 is 0 Å². The van der Waals surface area contributed by atoms with Crippen LogP contribution < -0.4 is 10.9 Å². The first kappa shape index (κ1) is 14.7. The van der Waals surface area contributed by atoms with Crippen LogP contribution in [0.2, 0.25) is 0 Å². The van der Waals surface area contributed by atoms with Gasteiger partial charge in [-0.3, -0.25) is 4.79 Å². The third-order valence-electron chi connectivity index (χ3n) is 3.29. The number of unbranched alkanes of at least 4 members (excludes halogenated alkanes) is 1. The number of fused-ring (bicyclic) bond motifs is 1. The predicted octanol–water partition coefficient (Wildman–Crippen LogP) is 2.42. The Morgan fingerprint density at radius 2 is 2.05 bits per heavy atom. The van der Waals surface area contributed by atoms with Crippen LogP contribution in [0.1, 0.15) is 26.7 Å². The van der Waals surface area contributed by atoms with Gasteiger partial charge in [-0.15, -0.1) is 0 Å². The molecule has 1 heterocycles. The molecule has 0 saturated carbocycles. The predicted molar refractivity (Wildman–Crippen MR) is 82.9 cm³/mol. The minimum Gasteiger partial charge on any atom is -0.316 e. The third-order valence-corrected chi connectivity index (χ3v) is 3.29. The molecular weight excluding hydrogens is 250 g/mol. The number of aromatic nitrogens is 2. The van der Waals surface area contributed by atoms with E-state index in [4.69, 9.17) is 0 Å². The molecule has 0 aliphatic rings. The Morgan fingerprint density at radius 1 is 1.25 bits per heavy atom. The molecule has 2 rings (SSSR count). The third kappa shape index (κ3) is 3.90. The van der Waals surface area contributed by atoms with Crippen LogP contribution in [0.25, 0.3) is 11.0 Å². The lowest BCUT2D eigenvalue weighted by Gasteiger charge is -2.10. The second-order valence-electron chi connectivity index (χ2n) is 5.54. The summed E-state index contributed by atoms with van der Waals surface area (Å²) in [6.07, 6.45) is 3.49. The minimum absolute atomic E-state index is 0.0150. The molecule has 2 aromatic rings. The van der Waals surface area contributed by atoms with Crippen LogP contribution in [-0.2, 0) is 6.54 Å². The van der Waals surface area contributed by atoms with Gasteiger partial charge >= 0.3 is 0 Å². The molecule has 0 unspecified atom stereocenters. The van der Waals surface area contributed by atoms with Crippen LogP contribution in [0.3, 0.4) is 0 Å². The summed E-state index contributed by atoms with van der Waals surface area (Å²) in [5.74, 6) is 0.682. The highest BCUT2D eigenvalue weighted by atomic mass is 16.1. The van der Waals surface area contributed by atoms with Gasteiger partial charge in [-0.05, 0) is 44.0 Å². The maximum Gasteiger partial charge on any atom is 0.269 e. The molecule has 1 aromatic carbocycles. The topological polar surface area (TPSA) is 46.9 Å². The Morgan fingerprint density at radius 3 is 2.85 bits per heavy atom. The Kier molecular flexibility index (Phi) is 5.30. The van der Waals surface area contributed by atoms with Gasteiger partial charge in [0.25, 0.3) is 5.56 Å². The van der Waals surface area contributed by atoms with E-state index in [1.807, 2.05) is 28.8 Å². The van der Waals surface area contributed by atoms with E-state index in [9.17, 15) is 4.79 Å². The monoisotopic (exact) mass is 273 g/mol. The highest BCUT2D eigenvalue weighted by molar-refractivity contribution is 5.74. The van der Waals surface area contributed by atoms with Gasteiger partial charge in [0, 0.05) is 6.54 Å². The number of hydrogen-bond donors (Lipinski definition) is 1. The number of rotatable bonds is 7. The Bertz CT molecular complexity index is 604. The van der Waals surface area contributed by atoms with E-state index in [2.05, 4.69) is 24.1 Å². The van der Waals surface area contributed by atoms with E-state index < -0.39 is 0 Å². The van der Waals surface area contributed by atoms with Gasteiger partial charge in [0.1, 0.15) is 0 Å². The molecule has 0 fully saturated rings. The highest BCUT2D eigenvalue weighted by Crippen LogP contribution is 2.08. The van der Waals surface area contributed by atoms with Crippen molar-refractivity contribution in [3.63, 3.8) is 0 Å². The van der Waals surface area contributed by atoms with E-state index in [0.29, 0.717) is 5.92 Å². The van der Waals surface area contributed by atoms with Crippen LogP contribution in [0, 0.1) is 5.92 Å². The van der Waals surface area contributed by atoms with Crippen molar-refractivity contribution in [2.75, 3.05) is 13.1 Å². The second-order valence-corrected chi connectivity index (χ2v) is 5.54. The van der Waals surface area contributed by atoms with E-state index >= 15 is 0 Å². The van der Waals surface area contributed by atoms with Gasteiger partial charge < -0.3 is 9.88 Å². The lowest BCUT2D eigenvalue weighted by molar-refractivity contribution is 0.519. The van der Waals surface area contributed by atoms with Crippen molar-refractivity contribution in [3.8, 4) is 0 Å². The molecule has 0 spiro atoms. The standard InChI is InChI=1S/C16H23N3O/c1-13(2)11-17-9-5-6-10-19-15-8-4-3-7-14(15)18-12-16(19)20/h3-4,7-8,12-13,17H,5-6,9-11H2,1-2H3. The van der Waals surface area contributed by atoms with Crippen LogP contribution >= 0.6 is 0 Å². The SMILES string of the molecule is CC(C)CNCCCCn1c(=O)cnc2ccccc21. The van der Waals surface area contributed by atoms with Crippen molar-refractivity contribution in [1.29, 1.82) is 0 Å². The zero-order chi connectivity index (χ0) is 14.4. The first-order valence-corrected chi connectivity index (χ1v) is 7.34. The molecule has 4 nitrogen and oxygen atoms in total. The van der Waals surface area contributed by atoms with Crippen molar-refractivity contribution in [1.82, 2.24) is 14.9 Å². The quantitative estimate of drug-likeness (QED) is 0.788. The normalized spacial score (nSPS) is 11.3. The van der Waals surface area contributed by atoms with Crippen molar-refractivity contribution >= 4 is 11.0 Å². The van der Waals surface area contributed by atoms with Gasteiger partial charge in [-0.25, -0.2) is 4.98 Å². The Hall–Kier alpha value is -1.68. The van der Waals surface area contributed by atoms with Crippen LogP contribution in [-0.4, -0.2) is 22.6 Å². The van der Waals surface area contributed by atoms with Gasteiger partial charge in [-0.2, -0.15) is 0 Å². The van der Waals surface area contributed by atoms with Crippen molar-refractivity contribution in [2.45, 2.75) is 33.2 Å². The summed E-state index contributed by atoms with van der Waals surface area (Å²) in [7, 11) is 0. The van der Waals surface area contributed by atoms with Crippen molar-refractivity contribution in [2.24, 2.45) is 5.92 Å². The molecule has 4 heteroatoms. The number of nitrogens with zero attached hydrogens (tertiary/aromatic N) is 2. The van der Waals surface area contributed by atoms with Crippen molar-refractivity contribution in [3.05, 3.63) is 40.8 Å². The van der Waals surface area contributed by atoms with E-state index in [-0.39, 0.29) is 5.56 Å². The van der Waals surface area contributed by atoms with Gasteiger partial charge in [0.2, 0.25) is 0 Å². The molecule has 1 N–H and O–H groups in total. The number of aryl methyl sites for hydroxylation is 1. The Balaban J connectivity index is 1.93. The summed E-state index contributed by atoms with van der Waals surface area (Å²) in [5.41, 5.74) is 1.79. The van der Waals surface area contributed by atoms with Gasteiger partial charge in [-0.1, -0.05) is 26.0 Å². The van der Waals surface area contributed by atoms with E-state index in [0.717, 1.165) is 43.5 Å². The highest BCUT2D eigenvalue weighted by Gasteiger charge is 2.03.